The van der Waals surface area contributed by atoms with Crippen LogP contribution >= 0.6 is 0 Å². The van der Waals surface area contributed by atoms with Crippen molar-refractivity contribution in [2.45, 2.75) is 18.7 Å². The number of benzene rings is 2. The standard InChI is InChI=1S/C19H21N3O2S/c1-15-3-4-16(2)19(13-15)25(23,24)22-11-9-21(10-12-22)18-7-5-17(14-20)6-8-18/h3-8,13H,9-12H2,1-2H3. The summed E-state index contributed by atoms with van der Waals surface area (Å²) in [5.74, 6) is 0. The second-order valence-electron chi connectivity index (χ2n) is 6.32. The zero-order valence-electron chi connectivity index (χ0n) is 14.4. The molecule has 0 N–H and O–H groups in total. The Balaban J connectivity index is 1.75. The first-order chi connectivity index (χ1) is 11.9. The van der Waals surface area contributed by atoms with Gasteiger partial charge < -0.3 is 4.90 Å². The molecular weight excluding hydrogens is 334 g/mol. The smallest absolute Gasteiger partial charge is 0.243 e. The Morgan fingerprint density at radius 2 is 1.60 bits per heavy atom. The van der Waals surface area contributed by atoms with Gasteiger partial charge in [-0.1, -0.05) is 12.1 Å². The van der Waals surface area contributed by atoms with Crippen LogP contribution in [0, 0.1) is 25.2 Å². The lowest BCUT2D eigenvalue weighted by Crippen LogP contribution is -2.48. The van der Waals surface area contributed by atoms with E-state index in [0.29, 0.717) is 36.6 Å². The van der Waals surface area contributed by atoms with Crippen molar-refractivity contribution in [3.05, 3.63) is 59.2 Å². The fourth-order valence-electron chi connectivity index (χ4n) is 3.06. The van der Waals surface area contributed by atoms with Crippen LogP contribution in [0.2, 0.25) is 0 Å². The normalized spacial score (nSPS) is 15.8. The lowest BCUT2D eigenvalue weighted by atomic mass is 10.2. The Morgan fingerprint density at radius 3 is 2.20 bits per heavy atom. The molecule has 1 aliphatic heterocycles. The van der Waals surface area contributed by atoms with E-state index in [4.69, 9.17) is 5.26 Å². The van der Waals surface area contributed by atoms with E-state index in [2.05, 4.69) is 11.0 Å². The predicted octanol–water partition coefficient (Wildman–Crippen LogP) is 2.69. The Labute approximate surface area is 149 Å². The molecule has 0 saturated carbocycles. The molecule has 0 aromatic heterocycles. The third kappa shape index (κ3) is 3.53. The predicted molar refractivity (Wildman–Crippen MR) is 98.0 cm³/mol. The highest BCUT2D eigenvalue weighted by Crippen LogP contribution is 2.24. The van der Waals surface area contributed by atoms with Gasteiger partial charge in [0.2, 0.25) is 10.0 Å². The van der Waals surface area contributed by atoms with Gasteiger partial charge in [0.1, 0.15) is 0 Å². The van der Waals surface area contributed by atoms with Crippen molar-refractivity contribution >= 4 is 15.7 Å². The molecule has 0 aliphatic carbocycles. The highest BCUT2D eigenvalue weighted by Gasteiger charge is 2.29. The molecule has 1 aliphatic rings. The van der Waals surface area contributed by atoms with E-state index in [1.807, 2.05) is 38.1 Å². The number of nitriles is 1. The van der Waals surface area contributed by atoms with E-state index in [0.717, 1.165) is 16.8 Å². The summed E-state index contributed by atoms with van der Waals surface area (Å²) in [5.41, 5.74) is 3.36. The summed E-state index contributed by atoms with van der Waals surface area (Å²) in [5, 5.41) is 8.88. The van der Waals surface area contributed by atoms with Gasteiger partial charge in [0.25, 0.3) is 0 Å². The maximum Gasteiger partial charge on any atom is 0.243 e. The van der Waals surface area contributed by atoms with Gasteiger partial charge in [-0.2, -0.15) is 9.57 Å². The van der Waals surface area contributed by atoms with Gasteiger partial charge in [-0.15, -0.1) is 0 Å². The summed E-state index contributed by atoms with van der Waals surface area (Å²) in [6.45, 7) is 5.91. The summed E-state index contributed by atoms with van der Waals surface area (Å²) in [7, 11) is -3.47. The largest absolute Gasteiger partial charge is 0.369 e. The molecule has 0 unspecified atom stereocenters. The van der Waals surface area contributed by atoms with Crippen LogP contribution in [-0.2, 0) is 10.0 Å². The number of nitrogens with zero attached hydrogens (tertiary/aromatic N) is 3. The minimum absolute atomic E-state index is 0.402. The first-order valence-electron chi connectivity index (χ1n) is 8.24. The van der Waals surface area contributed by atoms with Gasteiger partial charge in [-0.05, 0) is 55.3 Å². The lowest BCUT2D eigenvalue weighted by Gasteiger charge is -2.35. The van der Waals surface area contributed by atoms with Crippen LogP contribution in [0.4, 0.5) is 5.69 Å². The number of anilines is 1. The number of aryl methyl sites for hydroxylation is 2. The van der Waals surface area contributed by atoms with Crippen molar-refractivity contribution in [3.8, 4) is 6.07 Å². The topological polar surface area (TPSA) is 64.4 Å². The lowest BCUT2D eigenvalue weighted by molar-refractivity contribution is 0.384. The Bertz CT molecular complexity index is 907. The van der Waals surface area contributed by atoms with Crippen molar-refractivity contribution < 1.29 is 8.42 Å². The van der Waals surface area contributed by atoms with E-state index in [1.54, 1.807) is 22.5 Å². The minimum Gasteiger partial charge on any atom is -0.369 e. The quantitative estimate of drug-likeness (QED) is 0.849. The molecule has 3 rings (SSSR count). The molecule has 0 atom stereocenters. The number of hydrogen-bond acceptors (Lipinski definition) is 4. The molecule has 2 aromatic rings. The molecule has 130 valence electrons. The van der Waals surface area contributed by atoms with Crippen molar-refractivity contribution in [1.29, 1.82) is 5.26 Å². The molecule has 0 bridgehead atoms. The second-order valence-corrected chi connectivity index (χ2v) is 8.23. The maximum absolute atomic E-state index is 13.0. The SMILES string of the molecule is Cc1ccc(C)c(S(=O)(=O)N2CCN(c3ccc(C#N)cc3)CC2)c1. The Kier molecular flexibility index (Phi) is 4.80. The summed E-state index contributed by atoms with van der Waals surface area (Å²) < 4.78 is 27.5. The van der Waals surface area contributed by atoms with Crippen LogP contribution in [0.5, 0.6) is 0 Å². The molecule has 1 heterocycles. The van der Waals surface area contributed by atoms with Gasteiger partial charge in [0.15, 0.2) is 0 Å². The number of piperazine rings is 1. The van der Waals surface area contributed by atoms with Crippen molar-refractivity contribution in [2.75, 3.05) is 31.1 Å². The average molecular weight is 355 g/mol. The van der Waals surface area contributed by atoms with Gasteiger partial charge in [0.05, 0.1) is 16.5 Å². The number of sulfonamides is 1. The summed E-state index contributed by atoms with van der Waals surface area (Å²) in [6, 6.07) is 15.0. The van der Waals surface area contributed by atoms with Gasteiger partial charge in [-0.3, -0.25) is 0 Å². The summed E-state index contributed by atoms with van der Waals surface area (Å²) in [4.78, 5) is 2.55. The van der Waals surface area contributed by atoms with E-state index in [-0.39, 0.29) is 0 Å². The van der Waals surface area contributed by atoms with Gasteiger partial charge >= 0.3 is 0 Å². The van der Waals surface area contributed by atoms with Crippen LogP contribution < -0.4 is 4.90 Å². The summed E-state index contributed by atoms with van der Waals surface area (Å²) in [6.07, 6.45) is 0. The van der Waals surface area contributed by atoms with Crippen LogP contribution in [0.25, 0.3) is 0 Å². The molecule has 0 radical (unpaired) electrons. The molecule has 0 spiro atoms. The van der Waals surface area contributed by atoms with E-state index in [9.17, 15) is 8.42 Å². The zero-order chi connectivity index (χ0) is 18.0. The molecule has 6 heteroatoms. The molecule has 25 heavy (non-hydrogen) atoms. The molecule has 0 amide bonds. The monoisotopic (exact) mass is 355 g/mol. The fourth-order valence-corrected chi connectivity index (χ4v) is 4.79. The minimum atomic E-state index is -3.47. The van der Waals surface area contributed by atoms with E-state index < -0.39 is 10.0 Å². The van der Waals surface area contributed by atoms with Crippen molar-refractivity contribution in [3.63, 3.8) is 0 Å². The van der Waals surface area contributed by atoms with Gasteiger partial charge in [0, 0.05) is 31.9 Å². The third-order valence-corrected chi connectivity index (χ3v) is 6.60. The molecule has 2 aromatic carbocycles. The Hall–Kier alpha value is -2.36. The molecular formula is C19H21N3O2S. The van der Waals surface area contributed by atoms with Crippen molar-refractivity contribution in [1.82, 2.24) is 4.31 Å². The van der Waals surface area contributed by atoms with E-state index in [1.165, 1.54) is 0 Å². The van der Waals surface area contributed by atoms with Crippen LogP contribution in [0.15, 0.2) is 47.4 Å². The van der Waals surface area contributed by atoms with Crippen LogP contribution in [0.1, 0.15) is 16.7 Å². The highest BCUT2D eigenvalue weighted by atomic mass is 32.2. The number of rotatable bonds is 3. The van der Waals surface area contributed by atoms with E-state index >= 15 is 0 Å². The average Bonchev–Trinajstić information content (AvgIpc) is 2.64. The highest BCUT2D eigenvalue weighted by molar-refractivity contribution is 7.89. The first-order valence-corrected chi connectivity index (χ1v) is 9.68. The number of hydrogen-bond donors (Lipinski definition) is 0. The molecule has 1 saturated heterocycles. The molecule has 5 nitrogen and oxygen atoms in total. The molecule has 1 fully saturated rings. The first kappa shape index (κ1) is 17.5. The zero-order valence-corrected chi connectivity index (χ0v) is 15.3. The van der Waals surface area contributed by atoms with Crippen LogP contribution in [0.3, 0.4) is 0 Å². The third-order valence-electron chi connectivity index (χ3n) is 4.56. The van der Waals surface area contributed by atoms with Gasteiger partial charge in [-0.25, -0.2) is 8.42 Å². The maximum atomic E-state index is 13.0. The summed E-state index contributed by atoms with van der Waals surface area (Å²) >= 11 is 0. The fraction of sp³-hybridized carbons (Fsp3) is 0.316. The van der Waals surface area contributed by atoms with Crippen LogP contribution in [-0.4, -0.2) is 38.9 Å². The Morgan fingerprint density at radius 1 is 0.960 bits per heavy atom. The van der Waals surface area contributed by atoms with Crippen molar-refractivity contribution in [2.24, 2.45) is 0 Å². The second kappa shape index (κ2) is 6.87.